The molecule has 0 saturated carbocycles. The van der Waals surface area contributed by atoms with Crippen LogP contribution in [0.25, 0.3) is 0 Å². The van der Waals surface area contributed by atoms with Gasteiger partial charge in [-0.1, -0.05) is 17.7 Å². The quantitative estimate of drug-likeness (QED) is 0.680. The molecule has 1 aromatic carbocycles. The Balaban J connectivity index is 2.32. The Labute approximate surface area is 112 Å². The molecule has 0 aliphatic rings. The van der Waals surface area contributed by atoms with E-state index in [1.807, 2.05) is 0 Å². The first kappa shape index (κ1) is 13.0. The van der Waals surface area contributed by atoms with E-state index in [-0.39, 0.29) is 22.2 Å². The molecule has 1 aromatic heterocycles. The molecule has 19 heavy (non-hydrogen) atoms. The summed E-state index contributed by atoms with van der Waals surface area (Å²) in [5.41, 5.74) is -0.328. The highest BCUT2D eigenvalue weighted by atomic mass is 35.5. The molecular weight excluding hydrogens is 274 g/mol. The molecule has 0 unspecified atom stereocenters. The highest BCUT2D eigenvalue weighted by Gasteiger charge is 2.20. The number of rotatable bonds is 3. The first-order valence-electron chi connectivity index (χ1n) is 5.09. The molecule has 0 bridgehead atoms. The maximum Gasteiger partial charge on any atom is 0.288 e. The van der Waals surface area contributed by atoms with Crippen LogP contribution >= 0.6 is 11.6 Å². The van der Waals surface area contributed by atoms with Gasteiger partial charge in [-0.3, -0.25) is 20.2 Å². The number of hydrogen-bond acceptors (Lipinski definition) is 5. The fourth-order valence-corrected chi connectivity index (χ4v) is 1.70. The van der Waals surface area contributed by atoms with Gasteiger partial charge in [0.2, 0.25) is 5.95 Å². The molecule has 98 valence electrons. The SMILES string of the molecule is Cn1ncnc1NC(=O)c1cccc([N+](=O)[O-])c1Cl. The lowest BCUT2D eigenvalue weighted by Gasteiger charge is -2.05. The van der Waals surface area contributed by atoms with E-state index in [1.165, 1.54) is 29.2 Å². The van der Waals surface area contributed by atoms with Gasteiger partial charge in [0.1, 0.15) is 11.3 Å². The van der Waals surface area contributed by atoms with Crippen LogP contribution in [-0.4, -0.2) is 25.6 Å². The maximum atomic E-state index is 12.0. The molecule has 0 atom stereocenters. The molecule has 2 aromatic rings. The van der Waals surface area contributed by atoms with E-state index in [9.17, 15) is 14.9 Å². The zero-order valence-electron chi connectivity index (χ0n) is 9.70. The number of hydrogen-bond donors (Lipinski definition) is 1. The molecule has 0 aliphatic carbocycles. The van der Waals surface area contributed by atoms with Gasteiger partial charge < -0.3 is 0 Å². The number of amides is 1. The summed E-state index contributed by atoms with van der Waals surface area (Å²) in [6, 6.07) is 4.00. The second-order valence-corrected chi connectivity index (χ2v) is 3.94. The van der Waals surface area contributed by atoms with Crippen LogP contribution in [0.1, 0.15) is 10.4 Å². The maximum absolute atomic E-state index is 12.0. The van der Waals surface area contributed by atoms with Gasteiger partial charge >= 0.3 is 0 Å². The summed E-state index contributed by atoms with van der Waals surface area (Å²) in [5, 5.41) is 16.8. The Hall–Kier alpha value is -2.48. The van der Waals surface area contributed by atoms with Crippen LogP contribution in [0.4, 0.5) is 11.6 Å². The minimum absolute atomic E-state index is 0.00105. The summed E-state index contributed by atoms with van der Waals surface area (Å²) in [5.74, 6) is -0.377. The number of carbonyl (C=O) groups is 1. The number of carbonyl (C=O) groups excluding carboxylic acids is 1. The minimum Gasteiger partial charge on any atom is -0.291 e. The molecule has 1 N–H and O–H groups in total. The summed E-state index contributed by atoms with van der Waals surface area (Å²) in [6.45, 7) is 0. The van der Waals surface area contributed by atoms with E-state index in [4.69, 9.17) is 11.6 Å². The number of aromatic nitrogens is 3. The Morgan fingerprint density at radius 1 is 1.53 bits per heavy atom. The van der Waals surface area contributed by atoms with Gasteiger partial charge in [-0.2, -0.15) is 10.1 Å². The number of aryl methyl sites for hydroxylation is 1. The molecule has 1 heterocycles. The van der Waals surface area contributed by atoms with Crippen molar-refractivity contribution < 1.29 is 9.72 Å². The first-order valence-corrected chi connectivity index (χ1v) is 5.46. The second-order valence-electron chi connectivity index (χ2n) is 3.56. The second kappa shape index (κ2) is 5.02. The van der Waals surface area contributed by atoms with Crippen molar-refractivity contribution in [2.45, 2.75) is 0 Å². The van der Waals surface area contributed by atoms with Crippen LogP contribution in [-0.2, 0) is 7.05 Å². The summed E-state index contributed by atoms with van der Waals surface area (Å²) in [4.78, 5) is 25.9. The monoisotopic (exact) mass is 281 g/mol. The first-order chi connectivity index (χ1) is 9.00. The predicted molar refractivity (Wildman–Crippen MR) is 67.1 cm³/mol. The normalized spacial score (nSPS) is 10.2. The smallest absolute Gasteiger partial charge is 0.288 e. The van der Waals surface area contributed by atoms with Crippen molar-refractivity contribution in [1.82, 2.24) is 14.8 Å². The Kier molecular flexibility index (Phi) is 3.43. The molecule has 8 nitrogen and oxygen atoms in total. The van der Waals surface area contributed by atoms with E-state index in [0.717, 1.165) is 0 Å². The van der Waals surface area contributed by atoms with Crippen LogP contribution in [0.2, 0.25) is 5.02 Å². The summed E-state index contributed by atoms with van der Waals surface area (Å²) >= 11 is 5.83. The number of nitrogens with zero attached hydrogens (tertiary/aromatic N) is 4. The average molecular weight is 282 g/mol. The van der Waals surface area contributed by atoms with E-state index in [2.05, 4.69) is 15.4 Å². The minimum atomic E-state index is -0.651. The van der Waals surface area contributed by atoms with Gasteiger partial charge in [-0.05, 0) is 6.07 Å². The molecule has 0 spiro atoms. The van der Waals surface area contributed by atoms with E-state index in [0.29, 0.717) is 0 Å². The van der Waals surface area contributed by atoms with Gasteiger partial charge in [-0.25, -0.2) is 4.68 Å². The number of anilines is 1. The van der Waals surface area contributed by atoms with Crippen LogP contribution in [0.5, 0.6) is 0 Å². The van der Waals surface area contributed by atoms with Gasteiger partial charge in [0.15, 0.2) is 0 Å². The summed E-state index contributed by atoms with van der Waals surface area (Å²) in [7, 11) is 1.59. The number of halogens is 1. The third-order valence-corrected chi connectivity index (χ3v) is 2.75. The fraction of sp³-hybridized carbons (Fsp3) is 0.100. The highest BCUT2D eigenvalue weighted by molar-refractivity contribution is 6.36. The van der Waals surface area contributed by atoms with Gasteiger partial charge in [0.25, 0.3) is 11.6 Å². The lowest BCUT2D eigenvalue weighted by molar-refractivity contribution is -0.384. The van der Waals surface area contributed by atoms with Crippen LogP contribution in [0.15, 0.2) is 24.5 Å². The fourth-order valence-electron chi connectivity index (χ4n) is 1.41. The highest BCUT2D eigenvalue weighted by Crippen LogP contribution is 2.28. The lowest BCUT2D eigenvalue weighted by atomic mass is 10.2. The standard InChI is InChI=1S/C10H8ClN5O3/c1-15-10(12-5-13-15)14-9(17)6-3-2-4-7(8(6)11)16(18)19/h2-5H,1H3,(H,12,13,14,17). The Morgan fingerprint density at radius 3 is 2.84 bits per heavy atom. The van der Waals surface area contributed by atoms with E-state index < -0.39 is 10.8 Å². The van der Waals surface area contributed by atoms with Crippen molar-refractivity contribution >= 4 is 29.1 Å². The number of nitro benzene ring substituents is 1. The molecule has 0 aliphatic heterocycles. The predicted octanol–water partition coefficient (Wildman–Crippen LogP) is 1.63. The zero-order chi connectivity index (χ0) is 14.0. The molecule has 0 saturated heterocycles. The van der Waals surface area contributed by atoms with Crippen LogP contribution < -0.4 is 5.32 Å². The number of nitro groups is 1. The van der Waals surface area contributed by atoms with Crippen molar-refractivity contribution in [3.8, 4) is 0 Å². The molecular formula is C10H8ClN5O3. The molecule has 2 rings (SSSR count). The third kappa shape index (κ3) is 2.52. The van der Waals surface area contributed by atoms with Gasteiger partial charge in [0, 0.05) is 13.1 Å². The van der Waals surface area contributed by atoms with E-state index in [1.54, 1.807) is 7.05 Å². The number of benzene rings is 1. The lowest BCUT2D eigenvalue weighted by Crippen LogP contribution is -2.16. The summed E-state index contributed by atoms with van der Waals surface area (Å²) < 4.78 is 1.35. The van der Waals surface area contributed by atoms with E-state index >= 15 is 0 Å². The van der Waals surface area contributed by atoms with Crippen molar-refractivity contribution in [2.75, 3.05) is 5.32 Å². The van der Waals surface area contributed by atoms with Crippen molar-refractivity contribution in [2.24, 2.45) is 7.05 Å². The average Bonchev–Trinajstić information content (AvgIpc) is 2.74. The topological polar surface area (TPSA) is 103 Å². The van der Waals surface area contributed by atoms with Crippen LogP contribution in [0, 0.1) is 10.1 Å². The van der Waals surface area contributed by atoms with Crippen molar-refractivity contribution in [3.63, 3.8) is 0 Å². The Bertz CT molecular complexity index is 654. The molecule has 0 fully saturated rings. The van der Waals surface area contributed by atoms with Crippen molar-refractivity contribution in [3.05, 3.63) is 45.2 Å². The van der Waals surface area contributed by atoms with Crippen LogP contribution in [0.3, 0.4) is 0 Å². The molecule has 9 heteroatoms. The summed E-state index contributed by atoms with van der Waals surface area (Å²) in [6.07, 6.45) is 1.27. The van der Waals surface area contributed by atoms with Gasteiger partial charge in [-0.15, -0.1) is 0 Å². The zero-order valence-corrected chi connectivity index (χ0v) is 10.5. The largest absolute Gasteiger partial charge is 0.291 e. The third-order valence-electron chi connectivity index (χ3n) is 2.36. The van der Waals surface area contributed by atoms with Gasteiger partial charge in [0.05, 0.1) is 10.5 Å². The Morgan fingerprint density at radius 2 is 2.26 bits per heavy atom. The molecule has 0 radical (unpaired) electrons. The molecule has 1 amide bonds. The number of nitrogens with one attached hydrogen (secondary N) is 1. The van der Waals surface area contributed by atoms with Crippen molar-refractivity contribution in [1.29, 1.82) is 0 Å².